The Hall–Kier alpha value is -4.30. The number of carbonyl (C=O) groups is 1. The van der Waals surface area contributed by atoms with Gasteiger partial charge in [0.15, 0.2) is 24.7 Å². The minimum absolute atomic E-state index is 0.0348. The number of carbonyl (C=O) groups excluding carboxylic acids is 1. The molecule has 0 saturated heterocycles. The number of unbranched alkanes of at least 4 members (excludes halogenated alkanes) is 4. The molecule has 2 aliphatic heterocycles. The molecule has 2 atom stereocenters. The van der Waals surface area contributed by atoms with Crippen LogP contribution in [0.5, 0.6) is 0 Å². The number of nitrogens with one attached hydrogen (secondary N) is 1. The molecule has 2 aromatic carbocycles. The maximum absolute atomic E-state index is 12.9. The van der Waals surface area contributed by atoms with Crippen LogP contribution >= 0.6 is 15.2 Å². The van der Waals surface area contributed by atoms with Crippen molar-refractivity contribution in [1.29, 1.82) is 0 Å². The Morgan fingerprint density at radius 2 is 1.45 bits per heavy atom. The second kappa shape index (κ2) is 24.6. The van der Waals surface area contributed by atoms with Crippen LogP contribution < -0.4 is 14.8 Å². The van der Waals surface area contributed by atoms with Crippen LogP contribution in [0.25, 0.3) is 0 Å². The first-order valence-corrected chi connectivity index (χ1v) is 31.9. The van der Waals surface area contributed by atoms with E-state index in [0.29, 0.717) is 62.9 Å². The van der Waals surface area contributed by atoms with E-state index >= 15 is 0 Å². The number of hydrogen-bond acceptors (Lipinski definition) is 12. The van der Waals surface area contributed by atoms with Gasteiger partial charge in [-0.2, -0.15) is 29.8 Å². The predicted molar refractivity (Wildman–Crippen MR) is 279 cm³/mol. The van der Waals surface area contributed by atoms with Gasteiger partial charge in [0.2, 0.25) is 11.6 Å². The number of nitrogens with zero attached hydrogens (tertiary/aromatic N) is 3. The van der Waals surface area contributed by atoms with Crippen molar-refractivity contribution in [2.75, 3.05) is 36.0 Å². The average Bonchev–Trinajstić information content (AvgIpc) is 3.65. The Bertz CT molecular complexity index is 3130. The van der Waals surface area contributed by atoms with Crippen LogP contribution in [-0.2, 0) is 68.1 Å². The fourth-order valence-electron chi connectivity index (χ4n) is 9.55. The SMILES string of the molecule is CC1(C)C(C=CC=CC=C2N(CCCCS(=O)(=O)O)c3ccccc3C2(C)CCCCCC(=O)NCC(O)C[n+]2cccc(CC(O)(P(=O)(O)O)P(=O)(O)O)c2)=[N+](CCCCS(=O)(=O)O)c2ccc(S(=O)(=O)O)cc21. The summed E-state index contributed by atoms with van der Waals surface area (Å²) in [6.45, 7) is 6.43. The van der Waals surface area contributed by atoms with Gasteiger partial charge in [0, 0.05) is 78.5 Å². The second-order valence-electron chi connectivity index (χ2n) is 19.6. The number of rotatable bonds is 28. The number of hydrogen-bond donors (Lipinski definition) is 10. The number of pyridine rings is 1. The highest BCUT2D eigenvalue weighted by Crippen LogP contribution is 2.68. The molecule has 0 bridgehead atoms. The van der Waals surface area contributed by atoms with Crippen LogP contribution in [0.3, 0.4) is 0 Å². The van der Waals surface area contributed by atoms with Crippen molar-refractivity contribution in [3.8, 4) is 0 Å². The molecule has 22 nitrogen and oxygen atoms in total. The van der Waals surface area contributed by atoms with E-state index in [2.05, 4.69) is 17.1 Å². The molecule has 2 unspecified atom stereocenters. The minimum Gasteiger partial charge on any atom is -0.385 e. The quantitative estimate of drug-likeness (QED) is 0.0158. The number of aliphatic hydroxyl groups is 2. The van der Waals surface area contributed by atoms with Crippen LogP contribution in [0.1, 0.15) is 95.2 Å². The van der Waals surface area contributed by atoms with Crippen LogP contribution in [0.15, 0.2) is 108 Å². The molecule has 3 aromatic rings. The van der Waals surface area contributed by atoms with Crippen molar-refractivity contribution in [3.63, 3.8) is 0 Å². The molecule has 5 rings (SSSR count). The van der Waals surface area contributed by atoms with Crippen molar-refractivity contribution < 1.29 is 91.8 Å². The highest BCUT2D eigenvalue weighted by Gasteiger charge is 2.59. The lowest BCUT2D eigenvalue weighted by atomic mass is 9.77. The van der Waals surface area contributed by atoms with Crippen LogP contribution in [0.2, 0.25) is 0 Å². The molecule has 1 aromatic heterocycles. The Morgan fingerprint density at radius 3 is 2.09 bits per heavy atom. The molecule has 0 spiro atoms. The van der Waals surface area contributed by atoms with E-state index in [9.17, 15) is 82.6 Å². The van der Waals surface area contributed by atoms with Crippen molar-refractivity contribution in [1.82, 2.24) is 5.32 Å². The molecule has 2 aliphatic rings. The summed E-state index contributed by atoms with van der Waals surface area (Å²) in [4.78, 5) is 52.8. The zero-order valence-corrected chi connectivity index (χ0v) is 46.0. The molecule has 27 heteroatoms. The van der Waals surface area contributed by atoms with Crippen molar-refractivity contribution >= 4 is 68.5 Å². The number of aromatic nitrogens is 1. The fraction of sp³-hybridized carbons (Fsp3) is 0.479. The van der Waals surface area contributed by atoms with E-state index in [1.807, 2.05) is 73.1 Å². The largest absolute Gasteiger partial charge is 0.385 e. The summed E-state index contributed by atoms with van der Waals surface area (Å²) in [7, 11) is -24.3. The monoisotopic (exact) mass is 1150 g/mol. The highest BCUT2D eigenvalue weighted by atomic mass is 32.2. The third-order valence-electron chi connectivity index (χ3n) is 13.4. The van der Waals surface area contributed by atoms with E-state index in [-0.39, 0.29) is 48.7 Å². The standard InChI is InChI=1S/C48H66N4O18P2S3/c1-46(2)40-31-38(75(68,69)70)23-24-42(40)51(27-12-14-29-73(62,63)64)43(46)20-6-4-7-21-44-47(3,39-18-9-10-19-41(39)52(44)28-13-15-30-74(65,66)67)25-11-5-8-22-45(54)49-33-37(53)35-50-26-16-17-36(34-50)32-48(55,71(56,57)58)72(59,60)61/h4,6-7,9-10,16-21,23-24,26,31,34,37,53,55H,5,8,11-15,22,25,27-30,32-33,35H2,1-3H3,(H6-2,49,54,56,57,58,59,60,61,62,63,64,65,66,67,68,69,70)/p+2. The zero-order valence-electron chi connectivity index (χ0n) is 41.8. The van der Waals surface area contributed by atoms with Gasteiger partial charge in [-0.25, -0.2) is 4.57 Å². The molecular weight excluding hydrogens is 1080 g/mol. The molecule has 0 radical (unpaired) electrons. The van der Waals surface area contributed by atoms with E-state index in [4.69, 9.17) is 0 Å². The van der Waals surface area contributed by atoms with Crippen molar-refractivity contribution in [2.45, 2.75) is 118 Å². The molecule has 414 valence electrons. The number of benzene rings is 2. The topological polar surface area (TPSA) is 358 Å². The van der Waals surface area contributed by atoms with Gasteiger partial charge in [0.25, 0.3) is 35.4 Å². The normalized spacial score (nSPS) is 18.3. The summed E-state index contributed by atoms with van der Waals surface area (Å²) in [6, 6.07) is 14.9. The smallest absolute Gasteiger partial charge is 0.369 e. The lowest BCUT2D eigenvalue weighted by Gasteiger charge is -2.30. The third-order valence-corrected chi connectivity index (χ3v) is 19.6. The molecule has 75 heavy (non-hydrogen) atoms. The molecule has 10 N–H and O–H groups in total. The number of anilines is 1. The summed E-state index contributed by atoms with van der Waals surface area (Å²) in [6.07, 6.45) is 13.8. The first kappa shape index (κ1) is 61.6. The maximum Gasteiger partial charge on any atom is 0.369 e. The van der Waals surface area contributed by atoms with E-state index in [1.54, 1.807) is 6.07 Å². The van der Waals surface area contributed by atoms with Gasteiger partial charge in [0.05, 0.1) is 21.8 Å². The lowest BCUT2D eigenvalue weighted by Crippen LogP contribution is -2.44. The Balaban J connectivity index is 1.28. The summed E-state index contributed by atoms with van der Waals surface area (Å²) >= 11 is 0. The van der Waals surface area contributed by atoms with Gasteiger partial charge < -0.3 is 40.0 Å². The van der Waals surface area contributed by atoms with Gasteiger partial charge in [0.1, 0.15) is 12.6 Å². The first-order chi connectivity index (χ1) is 34.7. The molecule has 0 fully saturated rings. The number of para-hydroxylation sites is 1. The molecule has 0 aliphatic carbocycles. The third kappa shape index (κ3) is 16.1. The van der Waals surface area contributed by atoms with E-state index in [0.717, 1.165) is 22.7 Å². The number of amides is 1. The maximum atomic E-state index is 12.9. The van der Waals surface area contributed by atoms with E-state index in [1.165, 1.54) is 41.2 Å². The summed E-state index contributed by atoms with van der Waals surface area (Å²) in [5.41, 5.74) is 3.63. The zero-order chi connectivity index (χ0) is 55.8. The molecule has 3 heterocycles. The number of aliphatic hydroxyl groups excluding tert-OH is 1. The summed E-state index contributed by atoms with van der Waals surface area (Å²) < 4.78 is 126. The van der Waals surface area contributed by atoms with Crippen LogP contribution in [0.4, 0.5) is 11.4 Å². The van der Waals surface area contributed by atoms with Gasteiger partial charge in [-0.05, 0) is 88.8 Å². The van der Waals surface area contributed by atoms with Crippen molar-refractivity contribution in [3.05, 3.63) is 120 Å². The number of fused-ring (bicyclic) bond motifs is 2. The molecule has 0 saturated carbocycles. The van der Waals surface area contributed by atoms with Gasteiger partial charge in [-0.3, -0.25) is 27.6 Å². The highest BCUT2D eigenvalue weighted by molar-refractivity contribution is 7.86. The van der Waals surface area contributed by atoms with Gasteiger partial charge >= 0.3 is 15.2 Å². The van der Waals surface area contributed by atoms with Crippen LogP contribution in [0, 0.1) is 0 Å². The second-order valence-corrected chi connectivity index (χ2v) is 28.1. The Morgan fingerprint density at radius 1 is 0.800 bits per heavy atom. The van der Waals surface area contributed by atoms with E-state index < -0.39 is 85.5 Å². The lowest BCUT2D eigenvalue weighted by molar-refractivity contribution is -0.703. The van der Waals surface area contributed by atoms with Gasteiger partial charge in [-0.15, -0.1) is 0 Å². The minimum atomic E-state index is -5.70. The van der Waals surface area contributed by atoms with Crippen molar-refractivity contribution in [2.24, 2.45) is 0 Å². The average molecular weight is 1150 g/mol. The van der Waals surface area contributed by atoms with Gasteiger partial charge in [-0.1, -0.05) is 49.3 Å². The van der Waals surface area contributed by atoms with Crippen LogP contribution in [-0.4, -0.2) is 127 Å². The Labute approximate surface area is 437 Å². The molecular formula is C48H68N4O18P2S3+2. The number of allylic oxidation sites excluding steroid dienone is 6. The summed E-state index contributed by atoms with van der Waals surface area (Å²) in [5, 5.41) is 20.0. The first-order valence-electron chi connectivity index (χ1n) is 24.0. The predicted octanol–water partition coefficient (Wildman–Crippen LogP) is 4.38. The molecule has 1 amide bonds. The fourth-order valence-corrected chi connectivity index (χ4v) is 13.3. The summed E-state index contributed by atoms with van der Waals surface area (Å²) in [5.74, 6) is -1.14. The Kier molecular flexibility index (Phi) is 20.2.